The quantitative estimate of drug-likeness (QED) is 0.532. The smallest absolute Gasteiger partial charge is 0.251 e. The number of amides is 2. The monoisotopic (exact) mass is 302 g/mol. The molecule has 0 aliphatic heterocycles. The Labute approximate surface area is 130 Å². The van der Waals surface area contributed by atoms with Gasteiger partial charge in [-0.3, -0.25) is 9.59 Å². The Balaban J connectivity index is 1.58. The summed E-state index contributed by atoms with van der Waals surface area (Å²) in [6, 6.07) is 6.21. The van der Waals surface area contributed by atoms with E-state index in [1.54, 1.807) is 12.1 Å². The summed E-state index contributed by atoms with van der Waals surface area (Å²) in [4.78, 5) is 23.5. The Morgan fingerprint density at radius 3 is 2.77 bits per heavy atom. The van der Waals surface area contributed by atoms with Crippen molar-refractivity contribution in [3.8, 4) is 5.75 Å². The zero-order chi connectivity index (χ0) is 15.8. The standard InChI is InChI=1S/C17H22N2O3/c20-15-8-3-7-14(12-15)17(22)19-10-4-9-18-16(21)11-13-5-1-2-6-13/h1,3,5,7-8,12-13,20H,2,4,6,9-11H2,(H,18,21)(H,19,22)/t13-/m1/s1. The summed E-state index contributed by atoms with van der Waals surface area (Å²) in [6.07, 6.45) is 7.58. The SMILES string of the molecule is O=C(C[C@@H]1C=CCC1)NCCCNC(=O)c1cccc(O)c1. The summed E-state index contributed by atoms with van der Waals surface area (Å²) in [5, 5.41) is 14.9. The average Bonchev–Trinajstić information content (AvgIpc) is 2.99. The predicted octanol–water partition coefficient (Wildman–Crippen LogP) is 1.98. The molecule has 2 rings (SSSR count). The average molecular weight is 302 g/mol. The summed E-state index contributed by atoms with van der Waals surface area (Å²) in [7, 11) is 0. The van der Waals surface area contributed by atoms with Gasteiger partial charge in [0.15, 0.2) is 0 Å². The largest absolute Gasteiger partial charge is 0.508 e. The highest BCUT2D eigenvalue weighted by Gasteiger charge is 2.13. The zero-order valence-corrected chi connectivity index (χ0v) is 12.5. The van der Waals surface area contributed by atoms with E-state index in [-0.39, 0.29) is 17.6 Å². The first-order valence-electron chi connectivity index (χ1n) is 7.66. The molecular formula is C17H22N2O3. The minimum Gasteiger partial charge on any atom is -0.508 e. The number of hydrogen-bond donors (Lipinski definition) is 3. The zero-order valence-electron chi connectivity index (χ0n) is 12.5. The van der Waals surface area contributed by atoms with E-state index in [0.29, 0.717) is 37.4 Å². The Morgan fingerprint density at radius 1 is 1.23 bits per heavy atom. The second-order valence-corrected chi connectivity index (χ2v) is 5.48. The lowest BCUT2D eigenvalue weighted by Gasteiger charge is -2.09. The number of hydrogen-bond acceptors (Lipinski definition) is 3. The van der Waals surface area contributed by atoms with Crippen LogP contribution in [0.1, 0.15) is 36.0 Å². The number of nitrogens with one attached hydrogen (secondary N) is 2. The highest BCUT2D eigenvalue weighted by atomic mass is 16.3. The number of allylic oxidation sites excluding steroid dienone is 2. The molecule has 0 fully saturated rings. The molecule has 1 aromatic rings. The third kappa shape index (κ3) is 5.24. The van der Waals surface area contributed by atoms with Gasteiger partial charge in [0.1, 0.15) is 5.75 Å². The van der Waals surface area contributed by atoms with Crippen molar-refractivity contribution < 1.29 is 14.7 Å². The number of phenolic OH excluding ortho intramolecular Hbond substituents is 1. The van der Waals surface area contributed by atoms with Crippen molar-refractivity contribution in [1.29, 1.82) is 0 Å². The van der Waals surface area contributed by atoms with Crippen molar-refractivity contribution >= 4 is 11.8 Å². The Hall–Kier alpha value is -2.30. The second kappa shape index (κ2) is 8.22. The third-order valence-electron chi connectivity index (χ3n) is 3.63. The Bertz CT molecular complexity index is 555. The molecule has 0 bridgehead atoms. The molecule has 118 valence electrons. The van der Waals surface area contributed by atoms with Crippen LogP contribution in [-0.2, 0) is 4.79 Å². The van der Waals surface area contributed by atoms with Crippen LogP contribution in [0.5, 0.6) is 5.75 Å². The van der Waals surface area contributed by atoms with Gasteiger partial charge in [-0.25, -0.2) is 0 Å². The van der Waals surface area contributed by atoms with Crippen LogP contribution in [-0.4, -0.2) is 30.0 Å². The van der Waals surface area contributed by atoms with Crippen molar-refractivity contribution in [2.75, 3.05) is 13.1 Å². The molecular weight excluding hydrogens is 280 g/mol. The molecule has 0 unspecified atom stereocenters. The molecule has 5 heteroatoms. The summed E-state index contributed by atoms with van der Waals surface area (Å²) in [5.74, 6) is 0.292. The van der Waals surface area contributed by atoms with Gasteiger partial charge in [-0.1, -0.05) is 18.2 Å². The van der Waals surface area contributed by atoms with Crippen molar-refractivity contribution in [3.05, 3.63) is 42.0 Å². The fourth-order valence-electron chi connectivity index (χ4n) is 2.44. The van der Waals surface area contributed by atoms with Crippen molar-refractivity contribution in [2.45, 2.75) is 25.7 Å². The molecule has 1 aromatic carbocycles. The highest BCUT2D eigenvalue weighted by Crippen LogP contribution is 2.19. The van der Waals surface area contributed by atoms with E-state index in [1.165, 1.54) is 12.1 Å². The maximum Gasteiger partial charge on any atom is 0.251 e. The van der Waals surface area contributed by atoms with Crippen LogP contribution >= 0.6 is 0 Å². The third-order valence-corrected chi connectivity index (χ3v) is 3.63. The molecule has 1 aliphatic rings. The summed E-state index contributed by atoms with van der Waals surface area (Å²) < 4.78 is 0. The van der Waals surface area contributed by atoms with Gasteiger partial charge in [0, 0.05) is 25.1 Å². The van der Waals surface area contributed by atoms with E-state index >= 15 is 0 Å². The maximum atomic E-state index is 11.8. The first-order valence-corrected chi connectivity index (χ1v) is 7.66. The van der Waals surface area contributed by atoms with E-state index in [4.69, 9.17) is 0 Å². The van der Waals surface area contributed by atoms with Gasteiger partial charge in [0.05, 0.1) is 0 Å². The lowest BCUT2D eigenvalue weighted by molar-refractivity contribution is -0.121. The molecule has 0 saturated carbocycles. The maximum absolute atomic E-state index is 11.8. The summed E-state index contributed by atoms with van der Waals surface area (Å²) >= 11 is 0. The lowest BCUT2D eigenvalue weighted by Crippen LogP contribution is -2.30. The number of aromatic hydroxyl groups is 1. The van der Waals surface area contributed by atoms with Crippen molar-refractivity contribution in [1.82, 2.24) is 10.6 Å². The minimum absolute atomic E-state index is 0.0656. The molecule has 0 aromatic heterocycles. The molecule has 3 N–H and O–H groups in total. The van der Waals surface area contributed by atoms with Crippen molar-refractivity contribution in [2.24, 2.45) is 5.92 Å². The van der Waals surface area contributed by atoms with Gasteiger partial charge in [0.25, 0.3) is 5.91 Å². The van der Waals surface area contributed by atoms with E-state index in [9.17, 15) is 14.7 Å². The van der Waals surface area contributed by atoms with Gasteiger partial charge < -0.3 is 15.7 Å². The van der Waals surface area contributed by atoms with Crippen LogP contribution < -0.4 is 10.6 Å². The van der Waals surface area contributed by atoms with Crippen LogP contribution in [0.4, 0.5) is 0 Å². The lowest BCUT2D eigenvalue weighted by atomic mass is 10.1. The summed E-state index contributed by atoms with van der Waals surface area (Å²) in [6.45, 7) is 1.04. The molecule has 1 aliphatic carbocycles. The van der Waals surface area contributed by atoms with E-state index < -0.39 is 0 Å². The Kier molecular flexibility index (Phi) is 6.01. The van der Waals surface area contributed by atoms with Gasteiger partial charge >= 0.3 is 0 Å². The highest BCUT2D eigenvalue weighted by molar-refractivity contribution is 5.94. The number of carbonyl (C=O) groups excluding carboxylic acids is 2. The normalized spacial score (nSPS) is 16.5. The fraction of sp³-hybridized carbons (Fsp3) is 0.412. The molecule has 1 atom stereocenters. The molecule has 5 nitrogen and oxygen atoms in total. The predicted molar refractivity (Wildman–Crippen MR) is 84.5 cm³/mol. The number of carbonyl (C=O) groups is 2. The first-order chi connectivity index (χ1) is 10.6. The number of benzene rings is 1. The van der Waals surface area contributed by atoms with Crippen LogP contribution in [0.3, 0.4) is 0 Å². The van der Waals surface area contributed by atoms with Crippen LogP contribution in [0.2, 0.25) is 0 Å². The molecule has 0 spiro atoms. The number of phenols is 1. The van der Waals surface area contributed by atoms with Gasteiger partial charge in [-0.05, 0) is 43.4 Å². The van der Waals surface area contributed by atoms with E-state index in [1.807, 2.05) is 0 Å². The second-order valence-electron chi connectivity index (χ2n) is 5.48. The van der Waals surface area contributed by atoms with Crippen LogP contribution in [0, 0.1) is 5.92 Å². The van der Waals surface area contributed by atoms with Gasteiger partial charge in [0.2, 0.25) is 5.91 Å². The Morgan fingerprint density at radius 2 is 2.05 bits per heavy atom. The molecule has 2 amide bonds. The number of rotatable bonds is 7. The fourth-order valence-corrected chi connectivity index (χ4v) is 2.44. The van der Waals surface area contributed by atoms with E-state index in [0.717, 1.165) is 12.8 Å². The molecule has 22 heavy (non-hydrogen) atoms. The first kappa shape index (κ1) is 16.1. The van der Waals surface area contributed by atoms with Crippen LogP contribution in [0.25, 0.3) is 0 Å². The molecule has 0 saturated heterocycles. The van der Waals surface area contributed by atoms with Gasteiger partial charge in [-0.15, -0.1) is 0 Å². The molecule has 0 heterocycles. The van der Waals surface area contributed by atoms with Gasteiger partial charge in [-0.2, -0.15) is 0 Å². The van der Waals surface area contributed by atoms with Crippen LogP contribution in [0.15, 0.2) is 36.4 Å². The van der Waals surface area contributed by atoms with Crippen molar-refractivity contribution in [3.63, 3.8) is 0 Å². The topological polar surface area (TPSA) is 78.4 Å². The van der Waals surface area contributed by atoms with E-state index in [2.05, 4.69) is 22.8 Å². The minimum atomic E-state index is -0.224. The summed E-state index contributed by atoms with van der Waals surface area (Å²) in [5.41, 5.74) is 0.428. The molecule has 0 radical (unpaired) electrons.